The summed E-state index contributed by atoms with van der Waals surface area (Å²) < 4.78 is 5.08. The van der Waals surface area contributed by atoms with Gasteiger partial charge >= 0.3 is 0 Å². The molecule has 0 aromatic carbocycles. The Morgan fingerprint density at radius 1 is 1.86 bits per heavy atom. The number of allylic oxidation sites excluding steroid dienone is 1. The first-order valence-electron chi connectivity index (χ1n) is 2.71. The second-order valence-electron chi connectivity index (χ2n) is 1.71. The lowest BCUT2D eigenvalue weighted by Crippen LogP contribution is -1.73. The Morgan fingerprint density at radius 2 is 2.57 bits per heavy atom. The van der Waals surface area contributed by atoms with Crippen LogP contribution in [-0.2, 0) is 4.74 Å². The number of epoxide rings is 1. The van der Waals surface area contributed by atoms with Gasteiger partial charge in [0, 0.05) is 0 Å². The molecule has 0 saturated carbocycles. The fraction of sp³-hybridized carbons (Fsp3) is 0.667. The normalized spacial score (nSPS) is 32.9. The van der Waals surface area contributed by atoms with Crippen molar-refractivity contribution in [3.05, 3.63) is 11.8 Å². The molecule has 1 aliphatic heterocycles. The fourth-order valence-corrected chi connectivity index (χ4v) is 0.669. The SMILES string of the molecule is CC=C1OC1CC. The van der Waals surface area contributed by atoms with Gasteiger partial charge in [-0.25, -0.2) is 0 Å². The second kappa shape index (κ2) is 1.57. The van der Waals surface area contributed by atoms with E-state index in [1.165, 1.54) is 5.76 Å². The van der Waals surface area contributed by atoms with E-state index >= 15 is 0 Å². The molecule has 0 radical (unpaired) electrons. The minimum absolute atomic E-state index is 0.477. The summed E-state index contributed by atoms with van der Waals surface area (Å²) in [5.74, 6) is 1.17. The molecule has 0 aromatic rings. The first-order chi connectivity index (χ1) is 3.38. The standard InChI is InChI=1S/C6H10O/c1-3-5-6(4-2)7-5/h3,6H,4H2,1-2H3. The van der Waals surface area contributed by atoms with E-state index in [0.29, 0.717) is 6.10 Å². The lowest BCUT2D eigenvalue weighted by Gasteiger charge is -1.68. The number of ether oxygens (including phenoxy) is 1. The van der Waals surface area contributed by atoms with E-state index < -0.39 is 0 Å². The van der Waals surface area contributed by atoms with Crippen LogP contribution in [0.3, 0.4) is 0 Å². The van der Waals surface area contributed by atoms with Gasteiger partial charge in [0.2, 0.25) is 0 Å². The Morgan fingerprint density at radius 3 is 2.71 bits per heavy atom. The van der Waals surface area contributed by atoms with Gasteiger partial charge in [-0.2, -0.15) is 0 Å². The maximum Gasteiger partial charge on any atom is 0.155 e. The summed E-state index contributed by atoms with van der Waals surface area (Å²) in [6.45, 7) is 4.13. The predicted molar refractivity (Wildman–Crippen MR) is 28.9 cm³/mol. The lowest BCUT2D eigenvalue weighted by molar-refractivity contribution is 0.421. The van der Waals surface area contributed by atoms with E-state index in [0.717, 1.165) is 6.42 Å². The third-order valence-electron chi connectivity index (χ3n) is 1.19. The Labute approximate surface area is 44.0 Å². The van der Waals surface area contributed by atoms with Crippen molar-refractivity contribution in [1.82, 2.24) is 0 Å². The molecule has 7 heavy (non-hydrogen) atoms. The van der Waals surface area contributed by atoms with Crippen LogP contribution in [0.1, 0.15) is 20.3 Å². The van der Waals surface area contributed by atoms with Crippen LogP contribution in [0, 0.1) is 0 Å². The van der Waals surface area contributed by atoms with Crippen LogP contribution in [0.25, 0.3) is 0 Å². The van der Waals surface area contributed by atoms with Crippen molar-refractivity contribution in [1.29, 1.82) is 0 Å². The summed E-state index contributed by atoms with van der Waals surface area (Å²) in [5, 5.41) is 0. The summed E-state index contributed by atoms with van der Waals surface area (Å²) in [7, 11) is 0. The van der Waals surface area contributed by atoms with E-state index in [1.54, 1.807) is 0 Å². The Balaban J connectivity index is 2.31. The van der Waals surface area contributed by atoms with Gasteiger partial charge in [-0.3, -0.25) is 0 Å². The van der Waals surface area contributed by atoms with Gasteiger partial charge in [-0.15, -0.1) is 0 Å². The molecule has 1 unspecified atom stereocenters. The van der Waals surface area contributed by atoms with Gasteiger partial charge in [0.05, 0.1) is 0 Å². The monoisotopic (exact) mass is 98.1 g/mol. The van der Waals surface area contributed by atoms with E-state index in [1.807, 2.05) is 13.0 Å². The van der Waals surface area contributed by atoms with Crippen molar-refractivity contribution in [3.63, 3.8) is 0 Å². The van der Waals surface area contributed by atoms with Crippen molar-refractivity contribution < 1.29 is 4.74 Å². The summed E-state index contributed by atoms with van der Waals surface area (Å²) >= 11 is 0. The smallest absolute Gasteiger partial charge is 0.155 e. The van der Waals surface area contributed by atoms with E-state index in [-0.39, 0.29) is 0 Å². The van der Waals surface area contributed by atoms with Crippen LogP contribution in [0.4, 0.5) is 0 Å². The van der Waals surface area contributed by atoms with Crippen LogP contribution >= 0.6 is 0 Å². The maximum absolute atomic E-state index is 5.08. The first-order valence-corrected chi connectivity index (χ1v) is 2.71. The molecule has 40 valence electrons. The molecule has 1 atom stereocenters. The molecule has 0 spiro atoms. The van der Waals surface area contributed by atoms with Crippen molar-refractivity contribution in [3.8, 4) is 0 Å². The average molecular weight is 98.1 g/mol. The molecule has 1 saturated heterocycles. The molecular weight excluding hydrogens is 88.1 g/mol. The van der Waals surface area contributed by atoms with Crippen molar-refractivity contribution in [2.24, 2.45) is 0 Å². The van der Waals surface area contributed by atoms with Crippen LogP contribution < -0.4 is 0 Å². The van der Waals surface area contributed by atoms with E-state index in [4.69, 9.17) is 4.74 Å². The van der Waals surface area contributed by atoms with Gasteiger partial charge in [0.25, 0.3) is 0 Å². The van der Waals surface area contributed by atoms with Gasteiger partial charge in [0.15, 0.2) is 6.10 Å². The molecule has 1 aliphatic rings. The van der Waals surface area contributed by atoms with Crippen molar-refractivity contribution in [2.75, 3.05) is 0 Å². The second-order valence-corrected chi connectivity index (χ2v) is 1.71. The van der Waals surface area contributed by atoms with Crippen LogP contribution in [-0.4, -0.2) is 6.10 Å². The zero-order valence-electron chi connectivity index (χ0n) is 4.77. The molecule has 0 bridgehead atoms. The minimum atomic E-state index is 0.477. The van der Waals surface area contributed by atoms with E-state index in [9.17, 15) is 0 Å². The summed E-state index contributed by atoms with van der Waals surface area (Å²) in [6.07, 6.45) is 3.62. The molecule has 1 nitrogen and oxygen atoms in total. The quantitative estimate of drug-likeness (QED) is 0.455. The number of hydrogen-bond acceptors (Lipinski definition) is 1. The van der Waals surface area contributed by atoms with Crippen LogP contribution in [0.15, 0.2) is 11.8 Å². The molecule has 0 N–H and O–H groups in total. The molecular formula is C6H10O. The average Bonchev–Trinajstić information content (AvgIpc) is 2.43. The highest BCUT2D eigenvalue weighted by atomic mass is 16.6. The molecule has 1 fully saturated rings. The zero-order chi connectivity index (χ0) is 5.28. The highest BCUT2D eigenvalue weighted by Gasteiger charge is 2.28. The van der Waals surface area contributed by atoms with Gasteiger partial charge in [-0.05, 0) is 19.4 Å². The van der Waals surface area contributed by atoms with Crippen molar-refractivity contribution in [2.45, 2.75) is 26.4 Å². The van der Waals surface area contributed by atoms with E-state index in [2.05, 4.69) is 6.92 Å². The summed E-state index contributed by atoms with van der Waals surface area (Å²) in [6, 6.07) is 0. The Hall–Kier alpha value is -0.460. The molecule has 1 heterocycles. The number of hydrogen-bond donors (Lipinski definition) is 0. The Bertz CT molecular complexity index is 94.4. The van der Waals surface area contributed by atoms with Crippen LogP contribution in [0.5, 0.6) is 0 Å². The molecule has 0 aliphatic carbocycles. The predicted octanol–water partition coefficient (Wildman–Crippen LogP) is 1.70. The third-order valence-corrected chi connectivity index (χ3v) is 1.19. The molecule has 1 heteroatoms. The van der Waals surface area contributed by atoms with Gasteiger partial charge in [-0.1, -0.05) is 6.92 Å². The largest absolute Gasteiger partial charge is 0.483 e. The van der Waals surface area contributed by atoms with Gasteiger partial charge < -0.3 is 4.74 Å². The lowest BCUT2D eigenvalue weighted by atomic mass is 10.3. The fourth-order valence-electron chi connectivity index (χ4n) is 0.669. The first kappa shape index (κ1) is 4.69. The zero-order valence-corrected chi connectivity index (χ0v) is 4.77. The summed E-state index contributed by atoms with van der Waals surface area (Å²) in [4.78, 5) is 0. The number of rotatable bonds is 1. The summed E-state index contributed by atoms with van der Waals surface area (Å²) in [5.41, 5.74) is 0. The van der Waals surface area contributed by atoms with Crippen LogP contribution in [0.2, 0.25) is 0 Å². The van der Waals surface area contributed by atoms with Crippen molar-refractivity contribution >= 4 is 0 Å². The minimum Gasteiger partial charge on any atom is -0.483 e. The molecule has 0 aromatic heterocycles. The highest BCUT2D eigenvalue weighted by Crippen LogP contribution is 2.28. The maximum atomic E-state index is 5.08. The topological polar surface area (TPSA) is 12.5 Å². The molecule has 0 amide bonds. The third kappa shape index (κ3) is 0.763. The van der Waals surface area contributed by atoms with Gasteiger partial charge in [0.1, 0.15) is 5.76 Å². The highest BCUT2D eigenvalue weighted by molar-refractivity contribution is 5.11. The molecule has 1 rings (SSSR count). The Kier molecular flexibility index (Phi) is 1.05.